The van der Waals surface area contributed by atoms with Crippen LogP contribution in [0.2, 0.25) is 0 Å². The number of anilines is 1. The lowest BCUT2D eigenvalue weighted by Crippen LogP contribution is -2.45. The van der Waals surface area contributed by atoms with Crippen LogP contribution in [-0.4, -0.2) is 34.6 Å². The summed E-state index contributed by atoms with van der Waals surface area (Å²) in [6, 6.07) is 18.8. The van der Waals surface area contributed by atoms with Crippen molar-refractivity contribution in [1.29, 1.82) is 0 Å². The summed E-state index contributed by atoms with van der Waals surface area (Å²) in [4.78, 5) is 19.6. The highest BCUT2D eigenvalue weighted by Crippen LogP contribution is 2.28. The highest BCUT2D eigenvalue weighted by atomic mass is 16.1. The molecule has 28 heavy (non-hydrogen) atoms. The van der Waals surface area contributed by atoms with Gasteiger partial charge in [-0.3, -0.25) is 4.79 Å². The number of imidazole rings is 1. The van der Waals surface area contributed by atoms with Crippen LogP contribution in [0.15, 0.2) is 54.6 Å². The number of nitrogens with zero attached hydrogens (tertiary/aromatic N) is 3. The number of hydrogen-bond acceptors (Lipinski definition) is 3. The number of carbonyl (C=O) groups excluding carboxylic acids is 1. The summed E-state index contributed by atoms with van der Waals surface area (Å²) in [5.74, 6) is 1.16. The van der Waals surface area contributed by atoms with E-state index in [0.717, 1.165) is 43.0 Å². The quantitative estimate of drug-likeness (QED) is 0.734. The maximum Gasteiger partial charge on any atom is 0.224 e. The summed E-state index contributed by atoms with van der Waals surface area (Å²) in [6.45, 7) is 6.22. The van der Waals surface area contributed by atoms with Gasteiger partial charge in [0.05, 0.1) is 17.5 Å². The van der Waals surface area contributed by atoms with Crippen LogP contribution < -0.4 is 10.2 Å². The zero-order valence-corrected chi connectivity index (χ0v) is 16.6. The predicted molar refractivity (Wildman–Crippen MR) is 114 cm³/mol. The van der Waals surface area contributed by atoms with E-state index in [9.17, 15) is 4.79 Å². The van der Waals surface area contributed by atoms with Crippen LogP contribution in [0, 0.1) is 0 Å². The molecule has 1 amide bonds. The van der Waals surface area contributed by atoms with Crippen LogP contribution in [0.1, 0.15) is 38.3 Å². The lowest BCUT2D eigenvalue weighted by molar-refractivity contribution is -0.121. The van der Waals surface area contributed by atoms with Crippen molar-refractivity contribution in [3.8, 4) is 0 Å². The monoisotopic (exact) mass is 376 g/mol. The minimum atomic E-state index is 0.110. The Labute approximate surface area is 166 Å². The van der Waals surface area contributed by atoms with Crippen LogP contribution in [-0.2, 0) is 11.2 Å². The second-order valence-electron chi connectivity index (χ2n) is 7.86. The van der Waals surface area contributed by atoms with Crippen LogP contribution >= 0.6 is 0 Å². The number of amides is 1. The molecule has 0 unspecified atom stereocenters. The average molecular weight is 377 g/mol. The van der Waals surface area contributed by atoms with Gasteiger partial charge in [-0.25, -0.2) is 4.98 Å². The first-order valence-electron chi connectivity index (χ1n) is 10.2. The van der Waals surface area contributed by atoms with E-state index in [-0.39, 0.29) is 11.9 Å². The lowest BCUT2D eigenvalue weighted by atomic mass is 10.0. The molecule has 0 aliphatic carbocycles. The van der Waals surface area contributed by atoms with E-state index in [1.165, 1.54) is 5.52 Å². The number of carbonyl (C=O) groups is 1. The molecule has 2 aromatic carbocycles. The molecule has 5 nitrogen and oxygen atoms in total. The van der Waals surface area contributed by atoms with E-state index >= 15 is 0 Å². The number of nitrogens with one attached hydrogen (secondary N) is 1. The molecule has 1 aliphatic heterocycles. The molecule has 1 fully saturated rings. The van der Waals surface area contributed by atoms with Gasteiger partial charge in [0.1, 0.15) is 0 Å². The van der Waals surface area contributed by atoms with E-state index < -0.39 is 0 Å². The van der Waals surface area contributed by atoms with Gasteiger partial charge in [-0.05, 0) is 44.4 Å². The molecule has 2 heterocycles. The molecular formula is C23H28N4O. The number of aromatic nitrogens is 2. The lowest BCUT2D eigenvalue weighted by Gasteiger charge is -2.34. The normalized spacial score (nSPS) is 15.3. The fourth-order valence-corrected chi connectivity index (χ4v) is 4.05. The van der Waals surface area contributed by atoms with Crippen LogP contribution in [0.5, 0.6) is 0 Å². The van der Waals surface area contributed by atoms with Crippen LogP contribution in [0.4, 0.5) is 5.95 Å². The van der Waals surface area contributed by atoms with Gasteiger partial charge in [-0.1, -0.05) is 42.5 Å². The summed E-state index contributed by atoms with van der Waals surface area (Å²) < 4.78 is 2.32. The zero-order chi connectivity index (χ0) is 19.5. The molecule has 1 aromatic heterocycles. The summed E-state index contributed by atoms with van der Waals surface area (Å²) in [5.41, 5.74) is 3.29. The molecule has 0 saturated carbocycles. The number of rotatable bonds is 5. The van der Waals surface area contributed by atoms with Crippen molar-refractivity contribution in [2.75, 3.05) is 18.0 Å². The van der Waals surface area contributed by atoms with Crippen molar-refractivity contribution < 1.29 is 4.79 Å². The minimum Gasteiger partial charge on any atom is -0.353 e. The topological polar surface area (TPSA) is 50.2 Å². The van der Waals surface area contributed by atoms with Crippen molar-refractivity contribution in [3.05, 3.63) is 60.2 Å². The van der Waals surface area contributed by atoms with Gasteiger partial charge in [0, 0.05) is 25.2 Å². The smallest absolute Gasteiger partial charge is 0.224 e. The molecule has 0 spiro atoms. The van der Waals surface area contributed by atoms with Crippen molar-refractivity contribution in [1.82, 2.24) is 14.9 Å². The molecular weight excluding hydrogens is 348 g/mol. The third-order valence-corrected chi connectivity index (χ3v) is 5.44. The summed E-state index contributed by atoms with van der Waals surface area (Å²) in [5, 5.41) is 3.21. The Hall–Kier alpha value is -2.82. The second kappa shape index (κ2) is 8.05. The first-order chi connectivity index (χ1) is 13.6. The standard InChI is InChI=1S/C23H28N4O/c1-17(2)27-21-11-7-6-10-20(21)25-23(27)26-14-12-19(13-15-26)24-22(28)16-18-8-4-3-5-9-18/h3-11,17,19H,12-16H2,1-2H3,(H,24,28). The minimum absolute atomic E-state index is 0.110. The number of para-hydroxylation sites is 2. The van der Waals surface area contributed by atoms with Crippen molar-refractivity contribution in [3.63, 3.8) is 0 Å². The van der Waals surface area contributed by atoms with Crippen LogP contribution in [0.25, 0.3) is 11.0 Å². The molecule has 4 rings (SSSR count). The molecule has 3 aromatic rings. The molecule has 146 valence electrons. The molecule has 1 saturated heterocycles. The van der Waals surface area contributed by atoms with E-state index in [0.29, 0.717) is 12.5 Å². The van der Waals surface area contributed by atoms with Crippen molar-refractivity contribution in [2.45, 2.75) is 45.2 Å². The Morgan fingerprint density at radius 2 is 1.75 bits per heavy atom. The average Bonchev–Trinajstić information content (AvgIpc) is 3.09. The number of fused-ring (bicyclic) bond motifs is 1. The first kappa shape index (κ1) is 18.5. The molecule has 1 aliphatic rings. The molecule has 0 bridgehead atoms. The maximum absolute atomic E-state index is 12.4. The third-order valence-electron chi connectivity index (χ3n) is 5.44. The molecule has 0 atom stereocenters. The van der Waals surface area contributed by atoms with Crippen molar-refractivity contribution in [2.24, 2.45) is 0 Å². The van der Waals surface area contributed by atoms with Crippen LogP contribution in [0.3, 0.4) is 0 Å². The summed E-state index contributed by atoms with van der Waals surface area (Å²) in [7, 11) is 0. The van der Waals surface area contributed by atoms with Gasteiger partial charge < -0.3 is 14.8 Å². The first-order valence-corrected chi connectivity index (χ1v) is 10.2. The van der Waals surface area contributed by atoms with E-state index in [1.54, 1.807) is 0 Å². The Morgan fingerprint density at radius 3 is 2.46 bits per heavy atom. The van der Waals surface area contributed by atoms with E-state index in [2.05, 4.69) is 46.8 Å². The van der Waals surface area contributed by atoms with Gasteiger partial charge in [-0.2, -0.15) is 0 Å². The van der Waals surface area contributed by atoms with Gasteiger partial charge in [0.25, 0.3) is 0 Å². The number of hydrogen-bond donors (Lipinski definition) is 1. The van der Waals surface area contributed by atoms with Gasteiger partial charge in [0.2, 0.25) is 11.9 Å². The summed E-state index contributed by atoms with van der Waals surface area (Å²) in [6.07, 6.45) is 2.34. The Balaban J connectivity index is 1.40. The highest BCUT2D eigenvalue weighted by Gasteiger charge is 2.25. The fourth-order valence-electron chi connectivity index (χ4n) is 4.05. The predicted octanol–water partition coefficient (Wildman–Crippen LogP) is 3.94. The molecule has 1 N–H and O–H groups in total. The Kier molecular flexibility index (Phi) is 5.33. The van der Waals surface area contributed by atoms with Gasteiger partial charge in [-0.15, -0.1) is 0 Å². The highest BCUT2D eigenvalue weighted by molar-refractivity contribution is 5.79. The van der Waals surface area contributed by atoms with Gasteiger partial charge >= 0.3 is 0 Å². The third kappa shape index (κ3) is 3.88. The second-order valence-corrected chi connectivity index (χ2v) is 7.86. The zero-order valence-electron chi connectivity index (χ0n) is 16.6. The largest absolute Gasteiger partial charge is 0.353 e. The molecule has 0 radical (unpaired) electrons. The van der Waals surface area contributed by atoms with Crippen molar-refractivity contribution >= 4 is 22.9 Å². The maximum atomic E-state index is 12.4. The number of piperidine rings is 1. The Bertz CT molecular complexity index is 940. The molecule has 5 heteroatoms. The van der Waals surface area contributed by atoms with E-state index in [4.69, 9.17) is 4.98 Å². The Morgan fingerprint density at radius 1 is 1.07 bits per heavy atom. The number of benzene rings is 2. The fraction of sp³-hybridized carbons (Fsp3) is 0.391. The van der Waals surface area contributed by atoms with Gasteiger partial charge in [0.15, 0.2) is 0 Å². The SMILES string of the molecule is CC(C)n1c(N2CCC(NC(=O)Cc3ccccc3)CC2)nc2ccccc21. The van der Waals surface area contributed by atoms with E-state index in [1.807, 2.05) is 36.4 Å². The summed E-state index contributed by atoms with van der Waals surface area (Å²) >= 11 is 0.